The lowest BCUT2D eigenvalue weighted by molar-refractivity contribution is 0.0638. The van der Waals surface area contributed by atoms with Crippen molar-refractivity contribution in [1.82, 2.24) is 0 Å². The second-order valence-electron chi connectivity index (χ2n) is 3.84. The van der Waals surface area contributed by atoms with Crippen LogP contribution >= 0.6 is 0 Å². The summed E-state index contributed by atoms with van der Waals surface area (Å²) >= 11 is 0. The maximum Gasteiger partial charge on any atom is 0.339 e. The van der Waals surface area contributed by atoms with Crippen molar-refractivity contribution in [2.75, 3.05) is 39.3 Å². The lowest BCUT2D eigenvalue weighted by atomic mass is 10.2. The van der Waals surface area contributed by atoms with Crippen molar-refractivity contribution in [2.45, 2.75) is 6.42 Å². The maximum atomic E-state index is 11.0. The van der Waals surface area contributed by atoms with Crippen LogP contribution in [0.2, 0.25) is 0 Å². The summed E-state index contributed by atoms with van der Waals surface area (Å²) in [6, 6.07) is 4.65. The first-order valence-corrected chi connectivity index (χ1v) is 5.98. The van der Waals surface area contributed by atoms with Gasteiger partial charge in [-0.2, -0.15) is 0 Å². The van der Waals surface area contributed by atoms with Crippen LogP contribution in [-0.2, 0) is 9.47 Å². The summed E-state index contributed by atoms with van der Waals surface area (Å²) < 4.78 is 15.5. The normalized spacial score (nSPS) is 10.4. The van der Waals surface area contributed by atoms with Gasteiger partial charge in [0.1, 0.15) is 5.56 Å². The van der Waals surface area contributed by atoms with Gasteiger partial charge in [-0.25, -0.2) is 4.79 Å². The Morgan fingerprint density at radius 1 is 1.26 bits per heavy atom. The van der Waals surface area contributed by atoms with Crippen molar-refractivity contribution < 1.29 is 24.1 Å². The van der Waals surface area contributed by atoms with Gasteiger partial charge in [-0.05, 0) is 12.1 Å². The number of methoxy groups -OCH3 is 1. The average Bonchev–Trinajstić information content (AvgIpc) is 2.39. The zero-order valence-corrected chi connectivity index (χ0v) is 10.9. The van der Waals surface area contributed by atoms with Crippen LogP contribution in [0.1, 0.15) is 16.8 Å². The van der Waals surface area contributed by atoms with Crippen LogP contribution in [0.15, 0.2) is 18.2 Å². The monoisotopic (exact) mass is 269 g/mol. The molecule has 1 rings (SSSR count). The zero-order chi connectivity index (χ0) is 14.1. The molecule has 0 aliphatic heterocycles. The third kappa shape index (κ3) is 5.15. The third-order valence-corrected chi connectivity index (χ3v) is 2.39. The lowest BCUT2D eigenvalue weighted by Gasteiger charge is -2.11. The van der Waals surface area contributed by atoms with E-state index < -0.39 is 5.97 Å². The van der Waals surface area contributed by atoms with Crippen molar-refractivity contribution in [2.24, 2.45) is 0 Å². The van der Waals surface area contributed by atoms with Crippen LogP contribution in [0.3, 0.4) is 0 Å². The zero-order valence-electron chi connectivity index (χ0n) is 10.9. The van der Waals surface area contributed by atoms with Gasteiger partial charge in [0.25, 0.3) is 0 Å². The Hall–Kier alpha value is -1.79. The molecule has 0 fully saturated rings. The molecule has 6 nitrogen and oxygen atoms in total. The van der Waals surface area contributed by atoms with E-state index in [1.165, 1.54) is 6.07 Å². The number of carboxylic acids is 1. The van der Waals surface area contributed by atoms with E-state index in [1.54, 1.807) is 19.2 Å². The van der Waals surface area contributed by atoms with E-state index in [4.69, 9.17) is 25.1 Å². The third-order valence-electron chi connectivity index (χ3n) is 2.39. The van der Waals surface area contributed by atoms with E-state index in [1.807, 2.05) is 0 Å². The van der Waals surface area contributed by atoms with Crippen molar-refractivity contribution in [3.05, 3.63) is 23.8 Å². The number of rotatable bonds is 9. The van der Waals surface area contributed by atoms with Crippen LogP contribution < -0.4 is 10.5 Å². The molecule has 19 heavy (non-hydrogen) atoms. The first-order chi connectivity index (χ1) is 9.16. The standard InChI is InChI=1S/C13H19NO5/c1-17-8-9-18-6-3-7-19-12-10(13(15)16)4-2-5-11(12)14/h2,4-5H,3,6-9,14H2,1H3,(H,15,16). The predicted molar refractivity (Wildman–Crippen MR) is 70.6 cm³/mol. The van der Waals surface area contributed by atoms with Crippen molar-refractivity contribution in [1.29, 1.82) is 0 Å². The van der Waals surface area contributed by atoms with E-state index >= 15 is 0 Å². The Balaban J connectivity index is 2.38. The van der Waals surface area contributed by atoms with Gasteiger partial charge in [0.15, 0.2) is 5.75 Å². The van der Waals surface area contributed by atoms with Crippen molar-refractivity contribution >= 4 is 11.7 Å². The number of nitrogen functional groups attached to an aromatic ring is 1. The summed E-state index contributed by atoms with van der Waals surface area (Å²) in [7, 11) is 1.61. The fraction of sp³-hybridized carbons (Fsp3) is 0.462. The number of hydrogen-bond donors (Lipinski definition) is 2. The number of anilines is 1. The molecule has 0 aliphatic carbocycles. The Morgan fingerprint density at radius 3 is 2.74 bits per heavy atom. The molecule has 0 bridgehead atoms. The smallest absolute Gasteiger partial charge is 0.339 e. The molecule has 3 N–H and O–H groups in total. The fourth-order valence-electron chi connectivity index (χ4n) is 1.46. The minimum atomic E-state index is -1.06. The fourth-order valence-corrected chi connectivity index (χ4v) is 1.46. The predicted octanol–water partition coefficient (Wildman–Crippen LogP) is 1.40. The number of carbonyl (C=O) groups is 1. The molecule has 0 spiro atoms. The summed E-state index contributed by atoms with van der Waals surface area (Å²) in [6.45, 7) is 1.96. The van der Waals surface area contributed by atoms with Crippen molar-refractivity contribution in [3.8, 4) is 5.75 Å². The van der Waals surface area contributed by atoms with E-state index in [-0.39, 0.29) is 11.3 Å². The summed E-state index contributed by atoms with van der Waals surface area (Å²) in [5, 5.41) is 9.02. The molecule has 1 aromatic rings. The lowest BCUT2D eigenvalue weighted by Crippen LogP contribution is -2.10. The van der Waals surface area contributed by atoms with E-state index in [0.717, 1.165) is 0 Å². The molecule has 1 aromatic carbocycles. The molecule has 0 saturated carbocycles. The molecule has 0 heterocycles. The Morgan fingerprint density at radius 2 is 2.05 bits per heavy atom. The summed E-state index contributed by atoms with van der Waals surface area (Å²) in [6.07, 6.45) is 0.650. The Bertz CT molecular complexity index is 408. The first kappa shape index (κ1) is 15.3. The second-order valence-corrected chi connectivity index (χ2v) is 3.84. The molecular weight excluding hydrogens is 250 g/mol. The van der Waals surface area contributed by atoms with Gasteiger partial charge in [-0.1, -0.05) is 6.07 Å². The average molecular weight is 269 g/mol. The van der Waals surface area contributed by atoms with Gasteiger partial charge >= 0.3 is 5.97 Å². The number of aromatic carboxylic acids is 1. The Labute approximate surface area is 112 Å². The highest BCUT2D eigenvalue weighted by molar-refractivity contribution is 5.93. The highest BCUT2D eigenvalue weighted by Crippen LogP contribution is 2.26. The highest BCUT2D eigenvalue weighted by atomic mass is 16.5. The second kappa shape index (κ2) is 8.34. The van der Waals surface area contributed by atoms with Crippen LogP contribution in [0.4, 0.5) is 5.69 Å². The van der Waals surface area contributed by atoms with E-state index in [2.05, 4.69) is 0 Å². The van der Waals surface area contributed by atoms with Gasteiger partial charge in [-0.3, -0.25) is 0 Å². The molecule has 0 amide bonds. The summed E-state index contributed by atoms with van der Waals surface area (Å²) in [4.78, 5) is 11.0. The minimum absolute atomic E-state index is 0.0697. The van der Waals surface area contributed by atoms with Crippen LogP contribution in [0.25, 0.3) is 0 Å². The molecule has 106 valence electrons. The van der Waals surface area contributed by atoms with Gasteiger partial charge < -0.3 is 25.1 Å². The molecule has 0 atom stereocenters. The largest absolute Gasteiger partial charge is 0.490 e. The minimum Gasteiger partial charge on any atom is -0.490 e. The number of benzene rings is 1. The summed E-state index contributed by atoms with van der Waals surface area (Å²) in [5.74, 6) is -0.842. The number of para-hydroxylation sites is 1. The SMILES string of the molecule is COCCOCCCOc1c(N)cccc1C(=O)O. The maximum absolute atomic E-state index is 11.0. The number of carboxylic acid groups (broad SMARTS) is 1. The van der Waals surface area contributed by atoms with Gasteiger partial charge in [0, 0.05) is 20.1 Å². The molecular formula is C13H19NO5. The van der Waals surface area contributed by atoms with Crippen LogP contribution in [0, 0.1) is 0 Å². The number of ether oxygens (including phenoxy) is 3. The number of nitrogens with two attached hydrogens (primary N) is 1. The van der Waals surface area contributed by atoms with Crippen molar-refractivity contribution in [3.63, 3.8) is 0 Å². The van der Waals surface area contributed by atoms with Crippen LogP contribution in [0.5, 0.6) is 5.75 Å². The topological polar surface area (TPSA) is 91.0 Å². The van der Waals surface area contributed by atoms with Crippen LogP contribution in [-0.4, -0.2) is 44.6 Å². The summed E-state index contributed by atoms with van der Waals surface area (Å²) in [5.41, 5.74) is 6.09. The van der Waals surface area contributed by atoms with E-state index in [9.17, 15) is 4.79 Å². The van der Waals surface area contributed by atoms with Gasteiger partial charge in [0.2, 0.25) is 0 Å². The molecule has 0 radical (unpaired) electrons. The number of hydrogen-bond acceptors (Lipinski definition) is 5. The van der Waals surface area contributed by atoms with Gasteiger partial charge in [-0.15, -0.1) is 0 Å². The molecule has 0 aromatic heterocycles. The molecule has 6 heteroatoms. The van der Waals surface area contributed by atoms with E-state index in [0.29, 0.717) is 38.5 Å². The molecule has 0 aliphatic rings. The first-order valence-electron chi connectivity index (χ1n) is 5.98. The quantitative estimate of drug-likeness (QED) is 0.520. The molecule has 0 unspecified atom stereocenters. The Kier molecular flexibility index (Phi) is 6.70. The highest BCUT2D eigenvalue weighted by Gasteiger charge is 2.13. The molecule has 0 saturated heterocycles. The van der Waals surface area contributed by atoms with Gasteiger partial charge in [0.05, 0.1) is 25.5 Å².